The summed E-state index contributed by atoms with van der Waals surface area (Å²) in [4.78, 5) is 0. The van der Waals surface area contributed by atoms with Crippen LogP contribution in [-0.2, 0) is 47.2 Å². The van der Waals surface area contributed by atoms with Gasteiger partial charge in [-0.3, -0.25) is 0 Å². The van der Waals surface area contributed by atoms with Crippen LogP contribution in [0.3, 0.4) is 0 Å². The van der Waals surface area contributed by atoms with E-state index in [2.05, 4.69) is 169 Å². The number of fused-ring (bicyclic) bond motifs is 2. The third-order valence-electron chi connectivity index (χ3n) is 13.6. The molecule has 8 heteroatoms. The number of allylic oxidation sites excluding steroid dienone is 2. The Morgan fingerprint density at radius 3 is 1.22 bits per heavy atom. The smallest absolute Gasteiger partial charge is 0.147 e. The maximum atomic E-state index is 6.05. The van der Waals surface area contributed by atoms with E-state index in [0.29, 0.717) is 47.3 Å². The van der Waals surface area contributed by atoms with Crippen molar-refractivity contribution in [3.8, 4) is 22.3 Å². The molecule has 0 aromatic heterocycles. The normalized spacial score (nSPS) is 21.2. The van der Waals surface area contributed by atoms with Gasteiger partial charge in [0.05, 0.1) is 0 Å². The summed E-state index contributed by atoms with van der Waals surface area (Å²) in [5, 5.41) is 0. The Morgan fingerprint density at radius 2 is 0.867 bits per heavy atom. The standard InChI is InChI=1S/2C25H29O2.2CH3.2ClH.H2Si.Zr/c2*1-24(2,3)23-11-6-5-9-21(23)20-10-7-8-19-12-18(13-22(19)20)14-25(4)15-26-17-27-16-25;;;;;;/h2*5-13H,14-17H2,1-4H3;2*1H3;2*1H;1H2;. The van der Waals surface area contributed by atoms with E-state index in [1.54, 1.807) is 11.1 Å². The molecule has 2 saturated heterocycles. The van der Waals surface area contributed by atoms with Gasteiger partial charge < -0.3 is 0 Å². The van der Waals surface area contributed by atoms with E-state index in [-0.39, 0.29) is 46.5 Å². The zero-order chi connectivity index (χ0) is 41.3. The first-order valence-corrected chi connectivity index (χ1v) is 35.2. The molecule has 2 atom stereocenters. The number of halogens is 2. The summed E-state index contributed by atoms with van der Waals surface area (Å²) in [5.41, 5.74) is 17.0. The second-order valence-corrected chi connectivity index (χ2v) is 52.5. The summed E-state index contributed by atoms with van der Waals surface area (Å²) in [6.07, 6.45) is 7.16. The molecule has 4 aliphatic rings. The molecular formula is C52H68Cl2O4SiZr. The van der Waals surface area contributed by atoms with Crippen LogP contribution in [0.25, 0.3) is 34.4 Å². The van der Waals surface area contributed by atoms with Crippen molar-refractivity contribution < 1.29 is 36.3 Å². The van der Waals surface area contributed by atoms with Crippen LogP contribution in [-0.4, -0.2) is 46.9 Å². The maximum Gasteiger partial charge on any atom is -0.147 e. The van der Waals surface area contributed by atoms with Crippen molar-refractivity contribution in [1.29, 1.82) is 0 Å². The molecule has 2 aliphatic heterocycles. The fraction of sp³-hybridized carbons (Fsp3) is 0.462. The minimum atomic E-state index is -4.15. The molecular weight excluding hydrogens is 879 g/mol. The van der Waals surface area contributed by atoms with Gasteiger partial charge in [-0.2, -0.15) is 0 Å². The Labute approximate surface area is 375 Å². The Balaban J connectivity index is 0.00000302. The minimum absolute atomic E-state index is 0. The van der Waals surface area contributed by atoms with Crippen LogP contribution < -0.4 is 0 Å². The molecule has 4 aromatic carbocycles. The second kappa shape index (κ2) is 17.1. The third kappa shape index (κ3) is 8.85. The predicted molar refractivity (Wildman–Crippen MR) is 256 cm³/mol. The van der Waals surface area contributed by atoms with E-state index >= 15 is 0 Å². The zero-order valence-corrected chi connectivity index (χ0v) is 43.2. The maximum absolute atomic E-state index is 6.05. The van der Waals surface area contributed by atoms with Crippen LogP contribution in [0, 0.1) is 10.8 Å². The molecule has 2 unspecified atom stereocenters. The first-order valence-electron chi connectivity index (χ1n) is 21.5. The van der Waals surface area contributed by atoms with E-state index in [4.69, 9.17) is 18.9 Å². The van der Waals surface area contributed by atoms with Gasteiger partial charge in [-0.15, -0.1) is 24.8 Å². The first kappa shape index (κ1) is 47.4. The number of hydrogen-bond donors (Lipinski definition) is 0. The zero-order valence-electron chi connectivity index (χ0n) is 37.7. The molecule has 322 valence electrons. The van der Waals surface area contributed by atoms with Crippen molar-refractivity contribution in [2.45, 2.75) is 95.6 Å². The van der Waals surface area contributed by atoms with Crippen LogP contribution in [0.4, 0.5) is 0 Å². The Hall–Kier alpha value is -2.12. The van der Waals surface area contributed by atoms with E-state index in [0.717, 1.165) is 12.8 Å². The second-order valence-electron chi connectivity index (χ2n) is 22.1. The Kier molecular flexibility index (Phi) is 13.5. The molecule has 0 spiro atoms. The first-order chi connectivity index (χ1) is 27.3. The van der Waals surface area contributed by atoms with Crippen LogP contribution in [0.1, 0.15) is 109 Å². The fourth-order valence-corrected chi connectivity index (χ4v) is 31.1. The summed E-state index contributed by atoms with van der Waals surface area (Å²) < 4.78 is 30.5. The van der Waals surface area contributed by atoms with Crippen molar-refractivity contribution in [2.24, 2.45) is 10.8 Å². The molecule has 4 nitrogen and oxygen atoms in total. The molecule has 2 aliphatic carbocycles. The van der Waals surface area contributed by atoms with Gasteiger partial charge >= 0.3 is 354 Å². The van der Waals surface area contributed by atoms with Crippen molar-refractivity contribution in [1.82, 2.24) is 0 Å². The topological polar surface area (TPSA) is 36.9 Å². The molecule has 4 aromatic rings. The van der Waals surface area contributed by atoms with Gasteiger partial charge in [-0.1, -0.05) is 0 Å². The molecule has 2 heterocycles. The van der Waals surface area contributed by atoms with Crippen LogP contribution in [0.2, 0.25) is 9.26 Å². The van der Waals surface area contributed by atoms with Crippen LogP contribution >= 0.6 is 24.8 Å². The van der Waals surface area contributed by atoms with Crippen LogP contribution in [0.5, 0.6) is 0 Å². The number of hydrogen-bond acceptors (Lipinski definition) is 4. The predicted octanol–water partition coefficient (Wildman–Crippen LogP) is 13.2. The molecule has 0 radical (unpaired) electrons. The van der Waals surface area contributed by atoms with Gasteiger partial charge in [0.1, 0.15) is 0 Å². The minimum Gasteiger partial charge on any atom is -0.147 e. The largest absolute Gasteiger partial charge is 0.147 e. The Morgan fingerprint density at radius 1 is 0.533 bits per heavy atom. The third-order valence-corrected chi connectivity index (χ3v) is 31.2. The van der Waals surface area contributed by atoms with Crippen molar-refractivity contribution >= 4 is 43.8 Å². The summed E-state index contributed by atoms with van der Waals surface area (Å²) in [6.45, 7) is 24.8. The van der Waals surface area contributed by atoms with Gasteiger partial charge in [0.15, 0.2) is 0 Å². The molecule has 0 N–H and O–H groups in total. The van der Waals surface area contributed by atoms with E-state index in [1.165, 1.54) is 55.6 Å². The molecule has 0 bridgehead atoms. The fourth-order valence-electron chi connectivity index (χ4n) is 11.4. The van der Waals surface area contributed by atoms with Gasteiger partial charge in [-0.05, 0) is 0 Å². The molecule has 0 saturated carbocycles. The summed E-state index contributed by atoms with van der Waals surface area (Å²) in [5.74, 6) is 0. The van der Waals surface area contributed by atoms with E-state index in [9.17, 15) is 0 Å². The van der Waals surface area contributed by atoms with E-state index in [1.807, 2.05) is 0 Å². The van der Waals surface area contributed by atoms with Gasteiger partial charge in [0.25, 0.3) is 0 Å². The number of rotatable bonds is 8. The summed E-state index contributed by atoms with van der Waals surface area (Å²) in [7, 11) is 0. The van der Waals surface area contributed by atoms with Crippen molar-refractivity contribution in [2.75, 3.05) is 40.0 Å². The number of benzene rings is 4. The van der Waals surface area contributed by atoms with E-state index < -0.39 is 17.4 Å². The number of ether oxygens (including phenoxy) is 4. The monoisotopic (exact) mass is 944 g/mol. The average Bonchev–Trinajstić information content (AvgIpc) is 3.73. The summed E-state index contributed by atoms with van der Waals surface area (Å²) >= 11 is -4.15. The molecule has 8 rings (SSSR count). The van der Waals surface area contributed by atoms with Gasteiger partial charge in [-0.25, -0.2) is 0 Å². The molecule has 60 heavy (non-hydrogen) atoms. The Bertz CT molecular complexity index is 2210. The summed E-state index contributed by atoms with van der Waals surface area (Å²) in [6, 6.07) is 32.6. The van der Waals surface area contributed by atoms with Gasteiger partial charge in [0.2, 0.25) is 0 Å². The van der Waals surface area contributed by atoms with Gasteiger partial charge in [0, 0.05) is 0 Å². The quantitative estimate of drug-likeness (QED) is 0.165. The average molecular weight is 947 g/mol. The van der Waals surface area contributed by atoms with Crippen LogP contribution in [0.15, 0.2) is 96.1 Å². The van der Waals surface area contributed by atoms with Crippen molar-refractivity contribution in [3.63, 3.8) is 0 Å². The molecule has 0 amide bonds. The molecule has 2 fully saturated rings. The SMILES string of the molecule is CC1(CC2=Cc3c(-c4ccccc4C(C)(C)C)cccc3[CH]2[Zr]([CH3])([CH3])(=[SiH2])[CH]2C(CC3(C)COCOC3)=Cc3c(-c4ccccc4C(C)(C)C)cccc32)COCOC1.Cl.Cl. The van der Waals surface area contributed by atoms with Crippen molar-refractivity contribution in [3.05, 3.63) is 129 Å².